The number of carbonyl (C=O) groups excluding carboxylic acids is 1. The number of thiazole rings is 1. The third-order valence-electron chi connectivity index (χ3n) is 6.80. The molecule has 11 heteroatoms. The number of nitrogens with one attached hydrogen (secondary N) is 1. The van der Waals surface area contributed by atoms with Crippen molar-refractivity contribution in [1.82, 2.24) is 9.88 Å². The molecule has 0 radical (unpaired) electrons. The molecular formula is C34H37F3N4O2S2. The molecule has 2 heterocycles. The first kappa shape index (κ1) is 35.6. The zero-order valence-electron chi connectivity index (χ0n) is 25.6. The number of halogens is 3. The minimum absolute atomic E-state index is 0.0283. The maximum atomic E-state index is 13.9. The van der Waals surface area contributed by atoms with Gasteiger partial charge in [-0.05, 0) is 82.7 Å². The van der Waals surface area contributed by atoms with Gasteiger partial charge in [-0.2, -0.15) is 18.4 Å². The Morgan fingerprint density at radius 2 is 1.93 bits per heavy atom. The summed E-state index contributed by atoms with van der Waals surface area (Å²) in [5.74, 6) is 1.47. The summed E-state index contributed by atoms with van der Waals surface area (Å²) in [5.41, 5.74) is 0.919. The van der Waals surface area contributed by atoms with E-state index in [1.165, 1.54) is 36.5 Å². The van der Waals surface area contributed by atoms with Gasteiger partial charge < -0.3 is 19.7 Å². The Hall–Kier alpha value is -3.85. The molecule has 0 amide bonds. The number of piperidine rings is 1. The van der Waals surface area contributed by atoms with E-state index in [1.54, 1.807) is 12.1 Å². The summed E-state index contributed by atoms with van der Waals surface area (Å²) in [6.45, 7) is 9.44. The van der Waals surface area contributed by atoms with Crippen LogP contribution in [0.25, 0.3) is 0 Å². The van der Waals surface area contributed by atoms with E-state index in [0.29, 0.717) is 28.8 Å². The second-order valence-corrected chi connectivity index (χ2v) is 12.2. The molecule has 0 atom stereocenters. The van der Waals surface area contributed by atoms with Crippen molar-refractivity contribution < 1.29 is 22.7 Å². The number of nitriles is 1. The summed E-state index contributed by atoms with van der Waals surface area (Å²) in [7, 11) is 2.13. The first-order valence-electron chi connectivity index (χ1n) is 14.5. The van der Waals surface area contributed by atoms with Crippen molar-refractivity contribution >= 4 is 34.5 Å². The Morgan fingerprint density at radius 3 is 2.53 bits per heavy atom. The van der Waals surface area contributed by atoms with Gasteiger partial charge in [0, 0.05) is 21.1 Å². The van der Waals surface area contributed by atoms with Crippen molar-refractivity contribution in [1.29, 1.82) is 5.26 Å². The average Bonchev–Trinajstić information content (AvgIpc) is 3.49. The molecule has 6 nitrogen and oxygen atoms in total. The van der Waals surface area contributed by atoms with E-state index < -0.39 is 11.7 Å². The van der Waals surface area contributed by atoms with E-state index in [0.717, 1.165) is 73.0 Å². The lowest BCUT2D eigenvalue weighted by molar-refractivity contribution is -0.139. The quantitative estimate of drug-likeness (QED) is 0.0955. The molecule has 0 spiro atoms. The van der Waals surface area contributed by atoms with Gasteiger partial charge in [0.1, 0.15) is 17.8 Å². The number of ether oxygens (including phenoxy) is 1. The smallest absolute Gasteiger partial charge is 0.417 e. The topological polar surface area (TPSA) is 78.2 Å². The highest BCUT2D eigenvalue weighted by molar-refractivity contribution is 8.03. The van der Waals surface area contributed by atoms with Crippen LogP contribution in [0.4, 0.5) is 18.3 Å². The Labute approximate surface area is 271 Å². The van der Waals surface area contributed by atoms with Crippen molar-refractivity contribution in [3.8, 4) is 11.8 Å². The summed E-state index contributed by atoms with van der Waals surface area (Å²) in [6, 6.07) is 14.6. The molecule has 0 aliphatic carbocycles. The molecule has 4 rings (SSSR count). The van der Waals surface area contributed by atoms with E-state index in [9.17, 15) is 13.2 Å². The Kier molecular flexibility index (Phi) is 13.9. The number of allylic oxidation sites excluding steroid dienone is 3. The normalized spacial score (nSPS) is 14.8. The monoisotopic (exact) mass is 654 g/mol. The molecule has 1 aromatic heterocycles. The van der Waals surface area contributed by atoms with Crippen LogP contribution in [0.5, 0.6) is 5.75 Å². The van der Waals surface area contributed by atoms with Gasteiger partial charge in [-0.1, -0.05) is 56.0 Å². The molecule has 0 saturated carbocycles. The molecule has 3 aromatic rings. The van der Waals surface area contributed by atoms with Crippen LogP contribution in [0.3, 0.4) is 0 Å². The lowest BCUT2D eigenvalue weighted by Gasteiger charge is -2.27. The Balaban J connectivity index is 0.00000177. The van der Waals surface area contributed by atoms with Crippen LogP contribution < -0.4 is 10.1 Å². The Bertz CT molecular complexity index is 1520. The fourth-order valence-corrected chi connectivity index (χ4v) is 6.29. The summed E-state index contributed by atoms with van der Waals surface area (Å²) >= 11 is 2.45. The summed E-state index contributed by atoms with van der Waals surface area (Å²) in [6.07, 6.45) is 2.90. The van der Waals surface area contributed by atoms with E-state index >= 15 is 0 Å². The van der Waals surface area contributed by atoms with E-state index in [-0.39, 0.29) is 10.5 Å². The summed E-state index contributed by atoms with van der Waals surface area (Å²) < 4.78 is 48.0. The van der Waals surface area contributed by atoms with Gasteiger partial charge in [0.2, 0.25) is 0 Å². The summed E-state index contributed by atoms with van der Waals surface area (Å²) in [4.78, 5) is 16.5. The second kappa shape index (κ2) is 17.6. The number of rotatable bonds is 11. The predicted octanol–water partition coefficient (Wildman–Crippen LogP) is 9.41. The van der Waals surface area contributed by atoms with Gasteiger partial charge in [-0.25, -0.2) is 4.98 Å². The van der Waals surface area contributed by atoms with E-state index in [2.05, 4.69) is 29.2 Å². The number of likely N-dealkylation sites (tertiary alicyclic amines) is 1. The van der Waals surface area contributed by atoms with Crippen LogP contribution in [0.2, 0.25) is 0 Å². The van der Waals surface area contributed by atoms with Gasteiger partial charge in [-0.15, -0.1) is 11.3 Å². The average molecular weight is 655 g/mol. The van der Waals surface area contributed by atoms with Gasteiger partial charge in [0.15, 0.2) is 5.13 Å². The largest absolute Gasteiger partial charge is 0.456 e. The Morgan fingerprint density at radius 1 is 1.24 bits per heavy atom. The summed E-state index contributed by atoms with van der Waals surface area (Å²) in [5, 5.41) is 15.4. The highest BCUT2D eigenvalue weighted by atomic mass is 32.2. The van der Waals surface area contributed by atoms with Crippen LogP contribution in [-0.2, 0) is 11.0 Å². The number of aromatic nitrogens is 1. The lowest BCUT2D eigenvalue weighted by atomic mass is 9.95. The first-order valence-corrected chi connectivity index (χ1v) is 16.2. The van der Waals surface area contributed by atoms with Crippen molar-refractivity contribution in [3.63, 3.8) is 0 Å². The number of para-hydroxylation sites is 1. The third kappa shape index (κ3) is 10.9. The number of benzene rings is 2. The van der Waals surface area contributed by atoms with Gasteiger partial charge in [0.25, 0.3) is 0 Å². The number of thioether (sulfide) groups is 1. The number of hydrogen-bond donors (Lipinski definition) is 1. The zero-order valence-corrected chi connectivity index (χ0v) is 27.2. The molecular weight excluding hydrogens is 618 g/mol. The fraction of sp³-hybridized carbons (Fsp3) is 0.324. The van der Waals surface area contributed by atoms with Crippen molar-refractivity contribution in [2.24, 2.45) is 0 Å². The number of aldehydes is 1. The standard InChI is InChI=1S/C32H33F3N4OS2.C2H4O/c1-4-9-27(37-31-38-28(21-41-31)23-14-16-39(3)17-15-23)29(40-24-10-7-6-8-11-24)19-25(5-2)42-30-13-12-22(20-36)18-26(30)32(33,34)35;1-2-3/h5-8,10-13,18-19,21,23H,2,4,9,14-17H2,1,3H3,(H,37,38);2H,1H3/b25-19+,29-27-;. The lowest BCUT2D eigenvalue weighted by Crippen LogP contribution is -2.29. The van der Waals surface area contributed by atoms with Crippen LogP contribution in [0.1, 0.15) is 62.3 Å². The maximum Gasteiger partial charge on any atom is 0.417 e. The second-order valence-electron chi connectivity index (χ2n) is 10.2. The van der Waals surface area contributed by atoms with E-state index in [1.807, 2.05) is 37.3 Å². The molecule has 2 aromatic carbocycles. The number of nitrogens with zero attached hydrogens (tertiary/aromatic N) is 3. The molecule has 1 saturated heterocycles. The van der Waals surface area contributed by atoms with Crippen molar-refractivity contribution in [2.75, 3.05) is 25.5 Å². The van der Waals surface area contributed by atoms with Gasteiger partial charge in [-0.3, -0.25) is 0 Å². The molecule has 1 aliphatic rings. The van der Waals surface area contributed by atoms with Crippen molar-refractivity contribution in [2.45, 2.75) is 56.5 Å². The molecule has 0 unspecified atom stereocenters. The van der Waals surface area contributed by atoms with Gasteiger partial charge in [0.05, 0.1) is 28.6 Å². The highest BCUT2D eigenvalue weighted by Gasteiger charge is 2.34. The van der Waals surface area contributed by atoms with E-state index in [4.69, 9.17) is 19.8 Å². The first-order chi connectivity index (χ1) is 21.6. The molecule has 238 valence electrons. The molecule has 45 heavy (non-hydrogen) atoms. The number of hydrogen-bond acceptors (Lipinski definition) is 8. The van der Waals surface area contributed by atoms with Crippen LogP contribution in [-0.4, -0.2) is 36.3 Å². The molecule has 0 bridgehead atoms. The fourth-order valence-electron chi connectivity index (χ4n) is 4.55. The van der Waals surface area contributed by atoms with Crippen LogP contribution in [0.15, 0.2) is 93.9 Å². The minimum Gasteiger partial charge on any atom is -0.456 e. The van der Waals surface area contributed by atoms with Crippen LogP contribution >= 0.6 is 23.1 Å². The zero-order chi connectivity index (χ0) is 32.8. The van der Waals surface area contributed by atoms with Crippen LogP contribution in [0, 0.1) is 11.3 Å². The van der Waals surface area contributed by atoms with Gasteiger partial charge >= 0.3 is 6.18 Å². The molecule has 1 N–H and O–H groups in total. The third-order valence-corrected chi connectivity index (χ3v) is 8.67. The number of carbonyl (C=O) groups is 1. The molecule has 1 aliphatic heterocycles. The van der Waals surface area contributed by atoms with Crippen molar-refractivity contribution in [3.05, 3.63) is 106 Å². The predicted molar refractivity (Wildman–Crippen MR) is 176 cm³/mol. The SMILES string of the molecule is C=C/C(=C\C(Oc1ccccc1)=C(/CCC)Nc1nc(C2CCN(C)CC2)cs1)Sc1ccc(C#N)cc1C(F)(F)F.CC=O. The highest BCUT2D eigenvalue weighted by Crippen LogP contribution is 2.41. The molecule has 1 fully saturated rings. The number of anilines is 1. The maximum absolute atomic E-state index is 13.9. The minimum atomic E-state index is -4.62. The number of alkyl halides is 3.